The van der Waals surface area contributed by atoms with Crippen molar-refractivity contribution in [2.75, 3.05) is 6.54 Å². The molecule has 17 heavy (non-hydrogen) atoms. The van der Waals surface area contributed by atoms with Crippen molar-refractivity contribution in [3.8, 4) is 0 Å². The van der Waals surface area contributed by atoms with Crippen LogP contribution in [0.25, 0.3) is 0 Å². The summed E-state index contributed by atoms with van der Waals surface area (Å²) in [6, 6.07) is 6.56. The Labute approximate surface area is 110 Å². The van der Waals surface area contributed by atoms with Crippen LogP contribution in [0, 0.1) is 6.92 Å². The second-order valence-electron chi connectivity index (χ2n) is 4.48. The molecule has 0 aliphatic heterocycles. The zero-order valence-corrected chi connectivity index (χ0v) is 11.8. The first-order valence-corrected chi connectivity index (χ1v) is 6.61. The first-order valence-electron chi connectivity index (χ1n) is 6.24. The Morgan fingerprint density at radius 1 is 1.35 bits per heavy atom. The molecule has 1 atom stereocenters. The predicted octanol–water partition coefficient (Wildman–Crippen LogP) is 4.66. The van der Waals surface area contributed by atoms with Crippen molar-refractivity contribution in [2.24, 2.45) is 0 Å². The Kier molecular flexibility index (Phi) is 5.73. The van der Waals surface area contributed by atoms with E-state index >= 15 is 0 Å². The average Bonchev–Trinajstić information content (AvgIpc) is 2.27. The van der Waals surface area contributed by atoms with Crippen molar-refractivity contribution in [1.82, 2.24) is 5.32 Å². The van der Waals surface area contributed by atoms with Crippen LogP contribution in [0.3, 0.4) is 0 Å². The second kappa shape index (κ2) is 6.83. The van der Waals surface area contributed by atoms with Gasteiger partial charge in [0.1, 0.15) is 0 Å². The summed E-state index contributed by atoms with van der Waals surface area (Å²) >= 11 is 6.11. The highest BCUT2D eigenvalue weighted by Crippen LogP contribution is 2.25. The summed E-state index contributed by atoms with van der Waals surface area (Å²) in [5, 5.41) is 4.31. The first-order chi connectivity index (χ1) is 8.06. The molecule has 0 aliphatic carbocycles. The van der Waals surface area contributed by atoms with Gasteiger partial charge in [-0.05, 0) is 49.6 Å². The van der Waals surface area contributed by atoms with Crippen LogP contribution in [0.5, 0.6) is 0 Å². The zero-order chi connectivity index (χ0) is 12.8. The quantitative estimate of drug-likeness (QED) is 0.726. The molecule has 1 nitrogen and oxygen atoms in total. The van der Waals surface area contributed by atoms with E-state index in [0.29, 0.717) is 6.04 Å². The number of hydrogen-bond donors (Lipinski definition) is 1. The van der Waals surface area contributed by atoms with Gasteiger partial charge in [-0.2, -0.15) is 0 Å². The standard InChI is InChI=1S/C15H22ClN/c1-5-11(3)9-15(17-6-2)13-7-12(4)8-14(16)10-13/h7-8,10,15,17H,3,5-6,9H2,1-2,4H3. The lowest BCUT2D eigenvalue weighted by atomic mass is 9.97. The number of benzene rings is 1. The van der Waals surface area contributed by atoms with Crippen LogP contribution in [-0.2, 0) is 0 Å². The minimum Gasteiger partial charge on any atom is -0.310 e. The van der Waals surface area contributed by atoms with Gasteiger partial charge in [0, 0.05) is 11.1 Å². The number of aryl methyl sites for hydroxylation is 1. The van der Waals surface area contributed by atoms with Gasteiger partial charge < -0.3 is 5.32 Å². The lowest BCUT2D eigenvalue weighted by molar-refractivity contribution is 0.543. The van der Waals surface area contributed by atoms with Crippen molar-refractivity contribution in [1.29, 1.82) is 0 Å². The molecule has 0 radical (unpaired) electrons. The van der Waals surface area contributed by atoms with Crippen LogP contribution in [-0.4, -0.2) is 6.54 Å². The van der Waals surface area contributed by atoms with E-state index in [9.17, 15) is 0 Å². The second-order valence-corrected chi connectivity index (χ2v) is 4.92. The van der Waals surface area contributed by atoms with Gasteiger partial charge in [0.2, 0.25) is 0 Å². The Balaban J connectivity index is 2.91. The predicted molar refractivity (Wildman–Crippen MR) is 76.7 cm³/mol. The highest BCUT2D eigenvalue weighted by molar-refractivity contribution is 6.30. The van der Waals surface area contributed by atoms with Gasteiger partial charge in [0.25, 0.3) is 0 Å². The van der Waals surface area contributed by atoms with E-state index in [1.165, 1.54) is 16.7 Å². The number of nitrogens with one attached hydrogen (secondary N) is 1. The minimum atomic E-state index is 0.324. The van der Waals surface area contributed by atoms with E-state index in [-0.39, 0.29) is 0 Å². The number of rotatable bonds is 6. The summed E-state index contributed by atoms with van der Waals surface area (Å²) in [6.45, 7) is 11.4. The largest absolute Gasteiger partial charge is 0.310 e. The summed E-state index contributed by atoms with van der Waals surface area (Å²) in [7, 11) is 0. The van der Waals surface area contributed by atoms with Gasteiger partial charge >= 0.3 is 0 Å². The topological polar surface area (TPSA) is 12.0 Å². The molecule has 0 spiro atoms. The molecule has 0 amide bonds. The number of hydrogen-bond acceptors (Lipinski definition) is 1. The summed E-state index contributed by atoms with van der Waals surface area (Å²) in [5.74, 6) is 0. The maximum Gasteiger partial charge on any atom is 0.0411 e. The molecule has 0 fully saturated rings. The van der Waals surface area contributed by atoms with Crippen molar-refractivity contribution in [3.05, 3.63) is 46.5 Å². The molecular weight excluding hydrogens is 230 g/mol. The average molecular weight is 252 g/mol. The van der Waals surface area contributed by atoms with Gasteiger partial charge in [0.15, 0.2) is 0 Å². The van der Waals surface area contributed by atoms with E-state index in [0.717, 1.165) is 24.4 Å². The molecule has 0 saturated heterocycles. The molecule has 2 heteroatoms. The van der Waals surface area contributed by atoms with Crippen LogP contribution >= 0.6 is 11.6 Å². The molecular formula is C15H22ClN. The summed E-state index contributed by atoms with van der Waals surface area (Å²) in [6.07, 6.45) is 2.01. The molecule has 1 rings (SSSR count). The molecule has 1 aromatic rings. The summed E-state index contributed by atoms with van der Waals surface area (Å²) in [5.41, 5.74) is 3.73. The van der Waals surface area contributed by atoms with E-state index in [1.807, 2.05) is 12.1 Å². The van der Waals surface area contributed by atoms with Crippen molar-refractivity contribution in [3.63, 3.8) is 0 Å². The Morgan fingerprint density at radius 3 is 2.59 bits per heavy atom. The van der Waals surface area contributed by atoms with Crippen LogP contribution < -0.4 is 5.32 Å². The molecule has 0 heterocycles. The third-order valence-electron chi connectivity index (χ3n) is 2.91. The Bertz CT molecular complexity index is 364. The van der Waals surface area contributed by atoms with Gasteiger partial charge in [-0.1, -0.05) is 43.7 Å². The van der Waals surface area contributed by atoms with Crippen LogP contribution in [0.4, 0.5) is 0 Å². The van der Waals surface area contributed by atoms with Gasteiger partial charge in [-0.25, -0.2) is 0 Å². The monoisotopic (exact) mass is 251 g/mol. The van der Waals surface area contributed by atoms with E-state index in [4.69, 9.17) is 11.6 Å². The maximum atomic E-state index is 6.11. The fraction of sp³-hybridized carbons (Fsp3) is 0.467. The van der Waals surface area contributed by atoms with Crippen LogP contribution in [0.1, 0.15) is 43.9 Å². The normalized spacial score (nSPS) is 12.5. The molecule has 0 saturated carbocycles. The van der Waals surface area contributed by atoms with E-state index in [1.54, 1.807) is 0 Å². The van der Waals surface area contributed by atoms with Crippen molar-refractivity contribution in [2.45, 2.75) is 39.7 Å². The SMILES string of the molecule is C=C(CC)CC(NCC)c1cc(C)cc(Cl)c1. The fourth-order valence-corrected chi connectivity index (χ4v) is 2.25. The highest BCUT2D eigenvalue weighted by Gasteiger charge is 2.12. The van der Waals surface area contributed by atoms with Gasteiger partial charge in [0.05, 0.1) is 0 Å². The van der Waals surface area contributed by atoms with E-state index in [2.05, 4.69) is 38.7 Å². The van der Waals surface area contributed by atoms with Gasteiger partial charge in [-0.3, -0.25) is 0 Å². The lowest BCUT2D eigenvalue weighted by Crippen LogP contribution is -2.21. The van der Waals surface area contributed by atoms with Crippen molar-refractivity contribution < 1.29 is 0 Å². The molecule has 0 aromatic heterocycles. The minimum absolute atomic E-state index is 0.324. The molecule has 0 bridgehead atoms. The van der Waals surface area contributed by atoms with Gasteiger partial charge in [-0.15, -0.1) is 0 Å². The van der Waals surface area contributed by atoms with Crippen LogP contribution in [0.2, 0.25) is 5.02 Å². The molecule has 0 aliphatic rings. The molecule has 1 unspecified atom stereocenters. The third-order valence-corrected chi connectivity index (χ3v) is 3.13. The summed E-state index contributed by atoms with van der Waals surface area (Å²) in [4.78, 5) is 0. The van der Waals surface area contributed by atoms with E-state index < -0.39 is 0 Å². The lowest BCUT2D eigenvalue weighted by Gasteiger charge is -2.20. The smallest absolute Gasteiger partial charge is 0.0411 e. The Hall–Kier alpha value is -0.790. The van der Waals surface area contributed by atoms with Crippen molar-refractivity contribution >= 4 is 11.6 Å². The fourth-order valence-electron chi connectivity index (χ4n) is 1.95. The number of halogens is 1. The molecule has 1 N–H and O–H groups in total. The first kappa shape index (κ1) is 14.3. The summed E-state index contributed by atoms with van der Waals surface area (Å²) < 4.78 is 0. The third kappa shape index (κ3) is 4.53. The molecule has 1 aromatic carbocycles. The highest BCUT2D eigenvalue weighted by atomic mass is 35.5. The Morgan fingerprint density at radius 2 is 2.06 bits per heavy atom. The van der Waals surface area contributed by atoms with Crippen LogP contribution in [0.15, 0.2) is 30.4 Å². The molecule has 94 valence electrons. The zero-order valence-electron chi connectivity index (χ0n) is 11.0. The maximum absolute atomic E-state index is 6.11.